The van der Waals surface area contributed by atoms with Crippen LogP contribution in [0, 0.1) is 11.8 Å². The van der Waals surface area contributed by atoms with Gasteiger partial charge < -0.3 is 10.2 Å². The number of hydrogen-bond acceptors (Lipinski definition) is 4. The Morgan fingerprint density at radius 2 is 2.14 bits per heavy atom. The van der Waals surface area contributed by atoms with E-state index in [4.69, 9.17) is 11.6 Å². The molecule has 1 N–H and O–H groups in total. The molecule has 1 atom stereocenters. The molecule has 0 aromatic carbocycles. The normalized spacial score (nSPS) is 18.6. The van der Waals surface area contributed by atoms with E-state index in [-0.39, 0.29) is 24.3 Å². The molecular formula is C15H21ClN4O2. The van der Waals surface area contributed by atoms with Gasteiger partial charge in [0.2, 0.25) is 11.8 Å². The molecule has 1 aromatic heterocycles. The second-order valence-corrected chi connectivity index (χ2v) is 6.40. The topological polar surface area (TPSA) is 75.2 Å². The fourth-order valence-electron chi connectivity index (χ4n) is 2.49. The standard InChI is InChI=1S/C15H21ClN4O2/c1-10(2)8-20-9-11(3-4-14(20)21)15(22)19-7-13-17-5-12(16)6-18-13/h5-6,10-11H,3-4,7-9H2,1-2H3,(H,19,22)/t11-/m0/s1. The zero-order valence-electron chi connectivity index (χ0n) is 12.9. The van der Waals surface area contributed by atoms with Crippen LogP contribution in [0.3, 0.4) is 0 Å². The molecule has 1 aromatic rings. The Hall–Kier alpha value is -1.69. The van der Waals surface area contributed by atoms with Gasteiger partial charge in [-0.2, -0.15) is 0 Å². The fourth-order valence-corrected chi connectivity index (χ4v) is 2.58. The van der Waals surface area contributed by atoms with Gasteiger partial charge in [0, 0.05) is 31.9 Å². The first kappa shape index (κ1) is 16.7. The maximum atomic E-state index is 12.2. The third-order valence-corrected chi connectivity index (χ3v) is 3.75. The summed E-state index contributed by atoms with van der Waals surface area (Å²) < 4.78 is 0. The molecule has 1 aliphatic rings. The van der Waals surface area contributed by atoms with Crippen LogP contribution in [0.25, 0.3) is 0 Å². The summed E-state index contributed by atoms with van der Waals surface area (Å²) in [4.78, 5) is 34.0. The van der Waals surface area contributed by atoms with Crippen LogP contribution >= 0.6 is 11.6 Å². The Balaban J connectivity index is 1.86. The number of amides is 2. The Morgan fingerprint density at radius 3 is 2.77 bits per heavy atom. The van der Waals surface area contributed by atoms with Gasteiger partial charge in [0.1, 0.15) is 5.82 Å². The summed E-state index contributed by atoms with van der Waals surface area (Å²) in [6.45, 7) is 5.58. The van der Waals surface area contributed by atoms with Gasteiger partial charge in [-0.3, -0.25) is 9.59 Å². The molecule has 2 amide bonds. The van der Waals surface area contributed by atoms with Gasteiger partial charge in [-0.25, -0.2) is 9.97 Å². The van der Waals surface area contributed by atoms with E-state index >= 15 is 0 Å². The van der Waals surface area contributed by atoms with Crippen LogP contribution in [0.1, 0.15) is 32.5 Å². The lowest BCUT2D eigenvalue weighted by molar-refractivity contribution is -0.138. The predicted molar refractivity (Wildman–Crippen MR) is 83.0 cm³/mol. The molecule has 1 fully saturated rings. The van der Waals surface area contributed by atoms with E-state index in [1.165, 1.54) is 12.4 Å². The molecular weight excluding hydrogens is 304 g/mol. The summed E-state index contributed by atoms with van der Waals surface area (Å²) in [5, 5.41) is 3.29. The second-order valence-electron chi connectivity index (χ2n) is 5.96. The number of hydrogen-bond donors (Lipinski definition) is 1. The van der Waals surface area contributed by atoms with Crippen molar-refractivity contribution in [2.75, 3.05) is 13.1 Å². The van der Waals surface area contributed by atoms with Crippen molar-refractivity contribution >= 4 is 23.4 Å². The molecule has 22 heavy (non-hydrogen) atoms. The number of nitrogens with zero attached hydrogens (tertiary/aromatic N) is 3. The maximum absolute atomic E-state index is 12.2. The highest BCUT2D eigenvalue weighted by molar-refractivity contribution is 6.30. The van der Waals surface area contributed by atoms with Crippen molar-refractivity contribution in [2.45, 2.75) is 33.2 Å². The Kier molecular flexibility index (Phi) is 5.71. The highest BCUT2D eigenvalue weighted by Gasteiger charge is 2.30. The van der Waals surface area contributed by atoms with Crippen molar-refractivity contribution in [3.05, 3.63) is 23.2 Å². The second kappa shape index (κ2) is 7.54. The van der Waals surface area contributed by atoms with Crippen molar-refractivity contribution in [1.29, 1.82) is 0 Å². The van der Waals surface area contributed by atoms with Gasteiger partial charge in [-0.15, -0.1) is 0 Å². The third kappa shape index (κ3) is 4.66. The molecule has 0 radical (unpaired) electrons. The molecule has 1 saturated heterocycles. The van der Waals surface area contributed by atoms with Crippen LogP contribution in [-0.2, 0) is 16.1 Å². The van der Waals surface area contributed by atoms with Gasteiger partial charge in [0.25, 0.3) is 0 Å². The number of carbonyl (C=O) groups excluding carboxylic acids is 2. The van der Waals surface area contributed by atoms with Crippen LogP contribution < -0.4 is 5.32 Å². The molecule has 0 saturated carbocycles. The summed E-state index contributed by atoms with van der Waals surface area (Å²) in [5.74, 6) is 0.833. The number of carbonyl (C=O) groups is 2. The molecule has 2 heterocycles. The largest absolute Gasteiger partial charge is 0.349 e. The summed E-state index contributed by atoms with van der Waals surface area (Å²) in [7, 11) is 0. The monoisotopic (exact) mass is 324 g/mol. The summed E-state index contributed by atoms with van der Waals surface area (Å²) >= 11 is 5.72. The first-order chi connectivity index (χ1) is 10.5. The van der Waals surface area contributed by atoms with E-state index in [1.807, 2.05) is 0 Å². The fraction of sp³-hybridized carbons (Fsp3) is 0.600. The number of halogens is 1. The number of rotatable bonds is 5. The zero-order valence-corrected chi connectivity index (χ0v) is 13.6. The average molecular weight is 325 g/mol. The van der Waals surface area contributed by atoms with E-state index in [1.54, 1.807) is 4.90 Å². The predicted octanol–water partition coefficient (Wildman–Crippen LogP) is 1.64. The van der Waals surface area contributed by atoms with E-state index in [0.717, 1.165) is 0 Å². The quantitative estimate of drug-likeness (QED) is 0.893. The van der Waals surface area contributed by atoms with Crippen molar-refractivity contribution in [1.82, 2.24) is 20.2 Å². The van der Waals surface area contributed by atoms with E-state index in [0.29, 0.717) is 42.7 Å². The van der Waals surface area contributed by atoms with Crippen LogP contribution in [0.4, 0.5) is 0 Å². The van der Waals surface area contributed by atoms with Crippen LogP contribution in [0.5, 0.6) is 0 Å². The molecule has 2 rings (SSSR count). The molecule has 0 bridgehead atoms. The van der Waals surface area contributed by atoms with Crippen LogP contribution in [-0.4, -0.2) is 39.8 Å². The minimum atomic E-state index is -0.163. The minimum Gasteiger partial charge on any atom is -0.349 e. The number of piperidine rings is 1. The SMILES string of the molecule is CC(C)CN1C[C@@H](C(=O)NCc2ncc(Cl)cn2)CCC1=O. The molecule has 7 heteroatoms. The summed E-state index contributed by atoms with van der Waals surface area (Å²) in [6.07, 6.45) is 4.03. The molecule has 0 spiro atoms. The highest BCUT2D eigenvalue weighted by Crippen LogP contribution is 2.19. The molecule has 0 aliphatic carbocycles. The smallest absolute Gasteiger partial charge is 0.225 e. The Morgan fingerprint density at radius 1 is 1.45 bits per heavy atom. The first-order valence-corrected chi connectivity index (χ1v) is 7.85. The van der Waals surface area contributed by atoms with Crippen LogP contribution in [0.15, 0.2) is 12.4 Å². The summed E-state index contributed by atoms with van der Waals surface area (Å²) in [6, 6.07) is 0. The lowest BCUT2D eigenvalue weighted by Gasteiger charge is -2.33. The van der Waals surface area contributed by atoms with Crippen molar-refractivity contribution in [3.8, 4) is 0 Å². The Labute approximate surface area is 135 Å². The zero-order chi connectivity index (χ0) is 16.1. The molecule has 120 valence electrons. The van der Waals surface area contributed by atoms with E-state index in [2.05, 4.69) is 29.1 Å². The van der Waals surface area contributed by atoms with E-state index < -0.39 is 0 Å². The van der Waals surface area contributed by atoms with Crippen molar-refractivity contribution < 1.29 is 9.59 Å². The minimum absolute atomic E-state index is 0.0557. The van der Waals surface area contributed by atoms with Crippen molar-refractivity contribution in [2.24, 2.45) is 11.8 Å². The van der Waals surface area contributed by atoms with Gasteiger partial charge in [0.15, 0.2) is 0 Å². The molecule has 0 unspecified atom stereocenters. The summed E-state index contributed by atoms with van der Waals surface area (Å²) in [5.41, 5.74) is 0. The van der Waals surface area contributed by atoms with Crippen molar-refractivity contribution in [3.63, 3.8) is 0 Å². The van der Waals surface area contributed by atoms with Crippen LogP contribution in [0.2, 0.25) is 5.02 Å². The first-order valence-electron chi connectivity index (χ1n) is 7.47. The molecule has 6 nitrogen and oxygen atoms in total. The van der Waals surface area contributed by atoms with Gasteiger partial charge in [-0.05, 0) is 12.3 Å². The van der Waals surface area contributed by atoms with Gasteiger partial charge in [-0.1, -0.05) is 25.4 Å². The lowest BCUT2D eigenvalue weighted by atomic mass is 9.96. The highest BCUT2D eigenvalue weighted by atomic mass is 35.5. The Bertz CT molecular complexity index is 533. The lowest BCUT2D eigenvalue weighted by Crippen LogP contribution is -2.46. The number of aromatic nitrogens is 2. The van der Waals surface area contributed by atoms with Gasteiger partial charge >= 0.3 is 0 Å². The number of nitrogens with one attached hydrogen (secondary N) is 1. The maximum Gasteiger partial charge on any atom is 0.225 e. The number of likely N-dealkylation sites (tertiary alicyclic amines) is 1. The molecule has 1 aliphatic heterocycles. The average Bonchev–Trinajstić information content (AvgIpc) is 2.48. The van der Waals surface area contributed by atoms with E-state index in [9.17, 15) is 9.59 Å². The third-order valence-electron chi connectivity index (χ3n) is 3.55. The van der Waals surface area contributed by atoms with Gasteiger partial charge in [0.05, 0.1) is 17.5 Å².